The molecular formula is C9H13N5O2S. The van der Waals surface area contributed by atoms with Crippen molar-refractivity contribution in [3.8, 4) is 0 Å². The summed E-state index contributed by atoms with van der Waals surface area (Å²) in [5.74, 6) is 0.0415. The molecule has 8 heteroatoms. The molecular weight excluding hydrogens is 242 g/mol. The Labute approximate surface area is 103 Å². The predicted molar refractivity (Wildman–Crippen MR) is 62.6 cm³/mol. The van der Waals surface area contributed by atoms with E-state index in [9.17, 15) is 9.59 Å². The van der Waals surface area contributed by atoms with E-state index in [0.717, 1.165) is 0 Å². The second-order valence-corrected chi connectivity index (χ2v) is 4.32. The van der Waals surface area contributed by atoms with Gasteiger partial charge in [0.1, 0.15) is 0 Å². The first-order valence-electron chi connectivity index (χ1n) is 5.22. The van der Waals surface area contributed by atoms with E-state index >= 15 is 0 Å². The van der Waals surface area contributed by atoms with Gasteiger partial charge in [-0.2, -0.15) is 12.6 Å². The van der Waals surface area contributed by atoms with Crippen molar-refractivity contribution in [3.05, 3.63) is 11.9 Å². The number of amides is 2. The Morgan fingerprint density at radius 2 is 2.24 bits per heavy atom. The minimum atomic E-state index is -0.599. The number of aromatic nitrogens is 3. The Bertz CT molecular complexity index is 440. The first-order chi connectivity index (χ1) is 8.11. The first kappa shape index (κ1) is 11.9. The van der Waals surface area contributed by atoms with Crippen LogP contribution < -0.4 is 5.73 Å². The Hall–Kier alpha value is -1.57. The van der Waals surface area contributed by atoms with Gasteiger partial charge < -0.3 is 10.6 Å². The molecule has 0 radical (unpaired) electrons. The highest BCUT2D eigenvalue weighted by molar-refractivity contribution is 7.80. The summed E-state index contributed by atoms with van der Waals surface area (Å²) in [6.07, 6.45) is 1.95. The number of carbonyl (C=O) groups excluding carboxylic acids is 2. The monoisotopic (exact) mass is 255 g/mol. The molecule has 1 aromatic heterocycles. The Balaban J connectivity index is 1.90. The molecule has 1 aromatic rings. The zero-order valence-corrected chi connectivity index (χ0v) is 10.0. The van der Waals surface area contributed by atoms with Gasteiger partial charge >= 0.3 is 0 Å². The van der Waals surface area contributed by atoms with Gasteiger partial charge in [0.05, 0.1) is 12.2 Å². The van der Waals surface area contributed by atoms with Crippen LogP contribution in [0.25, 0.3) is 0 Å². The van der Waals surface area contributed by atoms with Gasteiger partial charge in [0.2, 0.25) is 5.91 Å². The van der Waals surface area contributed by atoms with Crippen LogP contribution in [0.4, 0.5) is 0 Å². The molecule has 0 unspecified atom stereocenters. The molecule has 0 saturated carbocycles. The predicted octanol–water partition coefficient (Wildman–Crippen LogP) is -0.920. The molecule has 17 heavy (non-hydrogen) atoms. The first-order valence-corrected chi connectivity index (χ1v) is 5.85. The molecule has 1 fully saturated rings. The SMILES string of the molecule is NC(=O)c1cn(C2CN(C(=O)CCS)C2)nn1. The summed E-state index contributed by atoms with van der Waals surface area (Å²) < 4.78 is 1.57. The highest BCUT2D eigenvalue weighted by Crippen LogP contribution is 2.20. The molecule has 0 aromatic carbocycles. The normalized spacial score (nSPS) is 15.7. The van der Waals surface area contributed by atoms with Crippen molar-refractivity contribution >= 4 is 24.4 Å². The second-order valence-electron chi connectivity index (χ2n) is 3.87. The lowest BCUT2D eigenvalue weighted by molar-refractivity contribution is -0.136. The van der Waals surface area contributed by atoms with E-state index in [1.54, 1.807) is 9.58 Å². The average Bonchev–Trinajstić information content (AvgIpc) is 2.65. The largest absolute Gasteiger partial charge is 0.364 e. The molecule has 0 atom stereocenters. The fourth-order valence-corrected chi connectivity index (χ4v) is 1.84. The van der Waals surface area contributed by atoms with Gasteiger partial charge in [-0.15, -0.1) is 5.10 Å². The van der Waals surface area contributed by atoms with Crippen molar-refractivity contribution in [2.75, 3.05) is 18.8 Å². The van der Waals surface area contributed by atoms with Crippen molar-refractivity contribution < 1.29 is 9.59 Å². The summed E-state index contributed by atoms with van der Waals surface area (Å²) in [6.45, 7) is 1.18. The highest BCUT2D eigenvalue weighted by Gasteiger charge is 2.32. The number of thiol groups is 1. The molecule has 2 heterocycles. The molecule has 1 aliphatic rings. The Morgan fingerprint density at radius 1 is 1.53 bits per heavy atom. The maximum Gasteiger partial charge on any atom is 0.270 e. The minimum Gasteiger partial charge on any atom is -0.364 e. The number of rotatable bonds is 4. The third-order valence-electron chi connectivity index (χ3n) is 2.68. The van der Waals surface area contributed by atoms with Gasteiger partial charge in [0.15, 0.2) is 5.69 Å². The zero-order chi connectivity index (χ0) is 12.4. The number of nitrogens with zero attached hydrogens (tertiary/aromatic N) is 4. The van der Waals surface area contributed by atoms with E-state index in [4.69, 9.17) is 5.73 Å². The minimum absolute atomic E-state index is 0.0828. The van der Waals surface area contributed by atoms with Crippen molar-refractivity contribution in [1.29, 1.82) is 0 Å². The average molecular weight is 255 g/mol. The van der Waals surface area contributed by atoms with Crippen LogP contribution in [0.2, 0.25) is 0 Å². The molecule has 1 aliphatic heterocycles. The summed E-state index contributed by atoms with van der Waals surface area (Å²) >= 11 is 4.01. The van der Waals surface area contributed by atoms with E-state index in [2.05, 4.69) is 22.9 Å². The Morgan fingerprint density at radius 3 is 2.76 bits per heavy atom. The third kappa shape index (κ3) is 2.41. The van der Waals surface area contributed by atoms with Crippen LogP contribution in [0.15, 0.2) is 6.20 Å². The van der Waals surface area contributed by atoms with Crippen molar-refractivity contribution in [3.63, 3.8) is 0 Å². The maximum absolute atomic E-state index is 11.5. The van der Waals surface area contributed by atoms with Gasteiger partial charge in [-0.1, -0.05) is 5.21 Å². The van der Waals surface area contributed by atoms with E-state index in [1.165, 1.54) is 6.20 Å². The quantitative estimate of drug-likeness (QED) is 0.680. The summed E-state index contributed by atoms with van der Waals surface area (Å²) in [5.41, 5.74) is 5.22. The molecule has 0 aliphatic carbocycles. The summed E-state index contributed by atoms with van der Waals surface area (Å²) in [7, 11) is 0. The zero-order valence-electron chi connectivity index (χ0n) is 9.11. The maximum atomic E-state index is 11.5. The van der Waals surface area contributed by atoms with E-state index in [-0.39, 0.29) is 17.6 Å². The van der Waals surface area contributed by atoms with Crippen LogP contribution in [-0.4, -0.2) is 50.6 Å². The smallest absolute Gasteiger partial charge is 0.270 e. The number of hydrogen-bond acceptors (Lipinski definition) is 5. The molecule has 7 nitrogen and oxygen atoms in total. The fourth-order valence-electron chi connectivity index (χ4n) is 1.65. The van der Waals surface area contributed by atoms with Gasteiger partial charge in [-0.3, -0.25) is 9.59 Å². The van der Waals surface area contributed by atoms with Crippen molar-refractivity contribution in [2.24, 2.45) is 5.73 Å². The van der Waals surface area contributed by atoms with Gasteiger partial charge in [-0.05, 0) is 5.75 Å². The highest BCUT2D eigenvalue weighted by atomic mass is 32.1. The van der Waals surface area contributed by atoms with Crippen LogP contribution in [-0.2, 0) is 4.79 Å². The molecule has 1 saturated heterocycles. The van der Waals surface area contributed by atoms with Crippen LogP contribution in [0.5, 0.6) is 0 Å². The van der Waals surface area contributed by atoms with Gasteiger partial charge in [0, 0.05) is 19.5 Å². The standard InChI is InChI=1S/C9H13N5O2S/c10-9(16)7-5-14(12-11-7)6-3-13(4-6)8(15)1-2-17/h5-6,17H,1-4H2,(H2,10,16). The van der Waals surface area contributed by atoms with Gasteiger partial charge in [-0.25, -0.2) is 4.68 Å². The molecule has 2 N–H and O–H groups in total. The number of nitrogens with two attached hydrogens (primary N) is 1. The van der Waals surface area contributed by atoms with E-state index in [0.29, 0.717) is 25.3 Å². The van der Waals surface area contributed by atoms with E-state index < -0.39 is 5.91 Å². The lowest BCUT2D eigenvalue weighted by Crippen LogP contribution is -2.51. The van der Waals surface area contributed by atoms with Crippen LogP contribution >= 0.6 is 12.6 Å². The van der Waals surface area contributed by atoms with Crippen molar-refractivity contribution in [2.45, 2.75) is 12.5 Å². The number of hydrogen-bond donors (Lipinski definition) is 2. The molecule has 2 amide bonds. The van der Waals surface area contributed by atoms with Crippen molar-refractivity contribution in [1.82, 2.24) is 19.9 Å². The topological polar surface area (TPSA) is 94.1 Å². The summed E-state index contributed by atoms with van der Waals surface area (Å²) in [6, 6.07) is 0.0828. The lowest BCUT2D eigenvalue weighted by Gasteiger charge is -2.38. The molecule has 92 valence electrons. The number of carbonyl (C=O) groups is 2. The lowest BCUT2D eigenvalue weighted by atomic mass is 10.1. The van der Waals surface area contributed by atoms with Gasteiger partial charge in [0.25, 0.3) is 5.91 Å². The van der Waals surface area contributed by atoms with Crippen LogP contribution in [0.3, 0.4) is 0 Å². The molecule has 0 bridgehead atoms. The summed E-state index contributed by atoms with van der Waals surface area (Å²) in [4.78, 5) is 24.0. The molecule has 0 spiro atoms. The second kappa shape index (κ2) is 4.74. The number of likely N-dealkylation sites (tertiary alicyclic amines) is 1. The van der Waals surface area contributed by atoms with Crippen LogP contribution in [0, 0.1) is 0 Å². The number of primary amides is 1. The summed E-state index contributed by atoms with van der Waals surface area (Å²) in [5, 5.41) is 7.46. The van der Waals surface area contributed by atoms with E-state index in [1.807, 2.05) is 0 Å². The fraction of sp³-hybridized carbons (Fsp3) is 0.556. The molecule has 2 rings (SSSR count). The third-order valence-corrected chi connectivity index (χ3v) is 2.90. The Kier molecular flexibility index (Phi) is 3.32. The van der Waals surface area contributed by atoms with Crippen LogP contribution in [0.1, 0.15) is 23.0 Å².